The first-order chi connectivity index (χ1) is 14.6. The molecule has 0 radical (unpaired) electrons. The van der Waals surface area contributed by atoms with Crippen LogP contribution in [0.25, 0.3) is 11.3 Å². The van der Waals surface area contributed by atoms with Gasteiger partial charge < -0.3 is 14.8 Å². The molecule has 8 heteroatoms. The zero-order valence-electron chi connectivity index (χ0n) is 16.6. The molecule has 154 valence electrons. The van der Waals surface area contributed by atoms with Gasteiger partial charge in [-0.1, -0.05) is 23.9 Å². The second-order valence-corrected chi connectivity index (χ2v) is 7.12. The molecule has 0 aliphatic heterocycles. The Balaban J connectivity index is 1.52. The van der Waals surface area contributed by atoms with Crippen LogP contribution in [0.4, 0.5) is 5.69 Å². The molecular weight excluding hydrogens is 402 g/mol. The number of methoxy groups -OCH3 is 1. The second-order valence-electron chi connectivity index (χ2n) is 6.12. The van der Waals surface area contributed by atoms with E-state index in [0.717, 1.165) is 17.0 Å². The molecule has 0 spiro atoms. The Morgan fingerprint density at radius 3 is 2.50 bits per heavy atom. The van der Waals surface area contributed by atoms with Crippen molar-refractivity contribution in [2.45, 2.75) is 11.9 Å². The normalized spacial score (nSPS) is 10.3. The Labute approximate surface area is 178 Å². The number of hydrogen-bond donors (Lipinski definition) is 1. The van der Waals surface area contributed by atoms with Gasteiger partial charge in [0.1, 0.15) is 10.8 Å². The summed E-state index contributed by atoms with van der Waals surface area (Å²) in [6.45, 7) is 2.07. The smallest absolute Gasteiger partial charge is 0.338 e. The Kier molecular flexibility index (Phi) is 7.40. The van der Waals surface area contributed by atoms with Crippen molar-refractivity contribution in [3.63, 3.8) is 0 Å². The highest BCUT2D eigenvalue weighted by Crippen LogP contribution is 2.23. The van der Waals surface area contributed by atoms with Gasteiger partial charge in [0, 0.05) is 11.3 Å². The number of carbonyl (C=O) groups excluding carboxylic acids is 2. The number of aromatic nitrogens is 2. The zero-order chi connectivity index (χ0) is 21.3. The predicted octanol–water partition coefficient (Wildman–Crippen LogP) is 4.06. The van der Waals surface area contributed by atoms with Crippen molar-refractivity contribution in [2.75, 3.05) is 24.8 Å². The van der Waals surface area contributed by atoms with Crippen molar-refractivity contribution in [2.24, 2.45) is 0 Å². The fourth-order valence-electron chi connectivity index (χ4n) is 2.57. The molecule has 2 aromatic carbocycles. The van der Waals surface area contributed by atoms with Gasteiger partial charge in [-0.3, -0.25) is 4.79 Å². The van der Waals surface area contributed by atoms with E-state index in [4.69, 9.17) is 9.47 Å². The van der Waals surface area contributed by atoms with Crippen LogP contribution in [0.5, 0.6) is 5.75 Å². The van der Waals surface area contributed by atoms with Crippen LogP contribution in [0, 0.1) is 0 Å². The summed E-state index contributed by atoms with van der Waals surface area (Å²) in [5, 5.41) is 11.8. The molecule has 0 aliphatic rings. The monoisotopic (exact) mass is 423 g/mol. The van der Waals surface area contributed by atoms with Crippen molar-refractivity contribution in [3.8, 4) is 17.0 Å². The van der Waals surface area contributed by atoms with E-state index in [9.17, 15) is 9.59 Å². The Hall–Kier alpha value is -3.39. The van der Waals surface area contributed by atoms with E-state index in [1.165, 1.54) is 11.8 Å². The summed E-state index contributed by atoms with van der Waals surface area (Å²) in [5.74, 6) is 0.372. The first kappa shape index (κ1) is 21.3. The van der Waals surface area contributed by atoms with E-state index in [1.807, 2.05) is 36.4 Å². The number of hydrogen-bond acceptors (Lipinski definition) is 7. The molecule has 30 heavy (non-hydrogen) atoms. The zero-order valence-corrected chi connectivity index (χ0v) is 17.4. The molecular formula is C22H21N3O4S. The molecule has 3 rings (SSSR count). The van der Waals surface area contributed by atoms with Gasteiger partial charge in [0.25, 0.3) is 0 Å². The molecule has 0 fully saturated rings. The largest absolute Gasteiger partial charge is 0.497 e. The van der Waals surface area contributed by atoms with Crippen LogP contribution in [-0.4, -0.2) is 41.5 Å². The average Bonchev–Trinajstić information content (AvgIpc) is 2.79. The van der Waals surface area contributed by atoms with Crippen LogP contribution >= 0.6 is 11.8 Å². The molecule has 7 nitrogen and oxygen atoms in total. The van der Waals surface area contributed by atoms with E-state index in [2.05, 4.69) is 15.5 Å². The summed E-state index contributed by atoms with van der Waals surface area (Å²) in [5.41, 5.74) is 2.68. The highest BCUT2D eigenvalue weighted by Gasteiger charge is 2.09. The van der Waals surface area contributed by atoms with Crippen LogP contribution in [0.1, 0.15) is 17.3 Å². The lowest BCUT2D eigenvalue weighted by Gasteiger charge is -2.07. The maximum atomic E-state index is 12.2. The lowest BCUT2D eigenvalue weighted by molar-refractivity contribution is -0.113. The third-order valence-corrected chi connectivity index (χ3v) is 4.96. The third-order valence-electron chi connectivity index (χ3n) is 4.04. The SMILES string of the molecule is CCOC(=O)c1ccc(NC(=O)CSc2ccc(-c3cccc(OC)c3)nn2)cc1. The van der Waals surface area contributed by atoms with Crippen molar-refractivity contribution in [1.29, 1.82) is 0 Å². The number of thioether (sulfide) groups is 1. The van der Waals surface area contributed by atoms with Crippen molar-refractivity contribution >= 4 is 29.3 Å². The molecule has 0 aliphatic carbocycles. The van der Waals surface area contributed by atoms with Gasteiger partial charge in [0.15, 0.2) is 0 Å². The van der Waals surface area contributed by atoms with Gasteiger partial charge in [0.2, 0.25) is 5.91 Å². The topological polar surface area (TPSA) is 90.4 Å². The maximum Gasteiger partial charge on any atom is 0.338 e. The number of carbonyl (C=O) groups is 2. The minimum Gasteiger partial charge on any atom is -0.497 e. The highest BCUT2D eigenvalue weighted by atomic mass is 32.2. The van der Waals surface area contributed by atoms with E-state index in [1.54, 1.807) is 38.3 Å². The molecule has 0 atom stereocenters. The van der Waals surface area contributed by atoms with Crippen LogP contribution in [0.15, 0.2) is 65.7 Å². The molecule has 0 bridgehead atoms. The molecule has 0 saturated carbocycles. The summed E-state index contributed by atoms with van der Waals surface area (Å²) in [6, 6.07) is 17.8. The van der Waals surface area contributed by atoms with Crippen molar-refractivity contribution in [1.82, 2.24) is 10.2 Å². The number of esters is 1. The minimum atomic E-state index is -0.387. The fourth-order valence-corrected chi connectivity index (χ4v) is 3.19. The summed E-state index contributed by atoms with van der Waals surface area (Å²) >= 11 is 1.29. The maximum absolute atomic E-state index is 12.2. The number of nitrogens with zero attached hydrogens (tertiary/aromatic N) is 2. The highest BCUT2D eigenvalue weighted by molar-refractivity contribution is 7.99. The Morgan fingerprint density at radius 1 is 1.03 bits per heavy atom. The van der Waals surface area contributed by atoms with Crippen molar-refractivity contribution in [3.05, 3.63) is 66.2 Å². The van der Waals surface area contributed by atoms with Gasteiger partial charge in [-0.2, -0.15) is 0 Å². The van der Waals surface area contributed by atoms with Crippen LogP contribution < -0.4 is 10.1 Å². The first-order valence-corrected chi connectivity index (χ1v) is 10.3. The molecule has 0 saturated heterocycles. The number of benzene rings is 2. The van der Waals surface area contributed by atoms with Crippen LogP contribution in [-0.2, 0) is 9.53 Å². The van der Waals surface area contributed by atoms with Crippen LogP contribution in [0.2, 0.25) is 0 Å². The number of rotatable bonds is 8. The van der Waals surface area contributed by atoms with Gasteiger partial charge in [-0.05, 0) is 55.5 Å². The Morgan fingerprint density at radius 2 is 1.83 bits per heavy atom. The van der Waals surface area contributed by atoms with Crippen LogP contribution in [0.3, 0.4) is 0 Å². The second kappa shape index (κ2) is 10.4. The standard InChI is InChI=1S/C22H21N3O4S/c1-3-29-22(27)15-7-9-17(10-8-15)23-20(26)14-30-21-12-11-19(24-25-21)16-5-4-6-18(13-16)28-2/h4-13H,3,14H2,1-2H3,(H,23,26). The molecule has 1 aromatic heterocycles. The molecule has 0 unspecified atom stereocenters. The quantitative estimate of drug-likeness (QED) is 0.432. The molecule has 1 amide bonds. The molecule has 1 N–H and O–H groups in total. The van der Waals surface area contributed by atoms with E-state index in [0.29, 0.717) is 22.9 Å². The van der Waals surface area contributed by atoms with E-state index < -0.39 is 0 Å². The van der Waals surface area contributed by atoms with Gasteiger partial charge in [0.05, 0.1) is 30.7 Å². The lowest BCUT2D eigenvalue weighted by Crippen LogP contribution is -2.14. The lowest BCUT2D eigenvalue weighted by atomic mass is 10.1. The first-order valence-electron chi connectivity index (χ1n) is 9.27. The number of nitrogens with one attached hydrogen (secondary N) is 1. The van der Waals surface area contributed by atoms with E-state index >= 15 is 0 Å². The average molecular weight is 423 g/mol. The van der Waals surface area contributed by atoms with Gasteiger partial charge >= 0.3 is 5.97 Å². The summed E-state index contributed by atoms with van der Waals surface area (Å²) in [6.07, 6.45) is 0. The van der Waals surface area contributed by atoms with Crippen molar-refractivity contribution < 1.29 is 19.1 Å². The summed E-state index contributed by atoms with van der Waals surface area (Å²) in [4.78, 5) is 23.8. The third kappa shape index (κ3) is 5.81. The number of ether oxygens (including phenoxy) is 2. The van der Waals surface area contributed by atoms with Gasteiger partial charge in [-0.25, -0.2) is 4.79 Å². The number of anilines is 1. The van der Waals surface area contributed by atoms with Gasteiger partial charge in [-0.15, -0.1) is 10.2 Å². The predicted molar refractivity (Wildman–Crippen MR) is 116 cm³/mol. The Bertz CT molecular complexity index is 1010. The number of amides is 1. The summed E-state index contributed by atoms with van der Waals surface area (Å²) in [7, 11) is 1.62. The molecule has 3 aromatic rings. The summed E-state index contributed by atoms with van der Waals surface area (Å²) < 4.78 is 10.2. The van der Waals surface area contributed by atoms with E-state index in [-0.39, 0.29) is 17.6 Å². The minimum absolute atomic E-state index is 0.178. The fraction of sp³-hybridized carbons (Fsp3) is 0.182. The molecule has 1 heterocycles.